The van der Waals surface area contributed by atoms with E-state index in [9.17, 15) is 18.6 Å². The van der Waals surface area contributed by atoms with Crippen molar-refractivity contribution in [3.05, 3.63) is 22.9 Å². The summed E-state index contributed by atoms with van der Waals surface area (Å²) in [4.78, 5) is 43.2. The van der Waals surface area contributed by atoms with Crippen LogP contribution >= 0.6 is 11.6 Å². The molecule has 2 unspecified atom stereocenters. The van der Waals surface area contributed by atoms with Crippen molar-refractivity contribution in [2.24, 2.45) is 17.0 Å². The van der Waals surface area contributed by atoms with E-state index in [-0.39, 0.29) is 42.3 Å². The lowest BCUT2D eigenvalue weighted by atomic mass is 9.74. The first-order valence-electron chi connectivity index (χ1n) is 9.40. The quantitative estimate of drug-likeness (QED) is 0.162. The molecule has 1 aliphatic carbocycles. The zero-order chi connectivity index (χ0) is 22.7. The van der Waals surface area contributed by atoms with E-state index in [0.717, 1.165) is 0 Å². The molecule has 0 aliphatic heterocycles. The van der Waals surface area contributed by atoms with Crippen LogP contribution in [0.4, 0.5) is 0 Å². The van der Waals surface area contributed by atoms with Gasteiger partial charge in [0.1, 0.15) is 18.3 Å². The highest BCUT2D eigenvalue weighted by Crippen LogP contribution is 2.38. The third kappa shape index (κ3) is 7.21. The van der Waals surface area contributed by atoms with E-state index in [0.29, 0.717) is 29.0 Å². The Balaban J connectivity index is 3.62. The van der Waals surface area contributed by atoms with Crippen LogP contribution in [-0.4, -0.2) is 46.2 Å². The number of nitrogens with zero attached hydrogens (tertiary/aromatic N) is 1. The van der Waals surface area contributed by atoms with Crippen LogP contribution in [0, 0.1) is 11.8 Å². The van der Waals surface area contributed by atoms with Crippen molar-refractivity contribution in [2.45, 2.75) is 46.5 Å². The van der Waals surface area contributed by atoms with Gasteiger partial charge in [0.2, 0.25) is 0 Å². The minimum absolute atomic E-state index is 0.0257. The fourth-order valence-electron chi connectivity index (χ4n) is 3.20. The maximum Gasteiger partial charge on any atom is 0.316 e. The number of ketones is 1. The summed E-state index contributed by atoms with van der Waals surface area (Å²) >= 11 is 5.77. The second-order valence-corrected chi connectivity index (χ2v) is 7.77. The number of allylic oxidation sites excluding steroid dienone is 1. The van der Waals surface area contributed by atoms with Crippen LogP contribution in [0.2, 0.25) is 0 Å². The third-order valence-corrected chi connectivity index (χ3v) is 4.97. The molecule has 0 fully saturated rings. The van der Waals surface area contributed by atoms with Crippen molar-refractivity contribution in [2.75, 3.05) is 13.7 Å². The lowest BCUT2D eigenvalue weighted by Crippen LogP contribution is -2.38. The number of methoxy groups -OCH3 is 1. The molecule has 0 saturated carbocycles. The molecule has 8 nitrogen and oxygen atoms in total. The molecular weight excluding hydrogens is 434 g/mol. The molecule has 166 valence electrons. The maximum atomic E-state index is 13.1. The Morgan fingerprint density at radius 1 is 1.33 bits per heavy atom. The Bertz CT molecular complexity index is 812. The molecule has 1 rings (SSSR count). The molecule has 0 spiro atoms. The van der Waals surface area contributed by atoms with Gasteiger partial charge >= 0.3 is 11.9 Å². The van der Waals surface area contributed by atoms with Crippen molar-refractivity contribution in [1.82, 2.24) is 0 Å². The van der Waals surface area contributed by atoms with Gasteiger partial charge in [0.25, 0.3) is 0 Å². The maximum absolute atomic E-state index is 13.1. The number of halogens is 1. The van der Waals surface area contributed by atoms with Crippen molar-refractivity contribution in [1.29, 1.82) is 0 Å². The molecule has 0 radical (unpaired) electrons. The predicted octanol–water partition coefficient (Wildman–Crippen LogP) is 2.90. The molecule has 0 aromatic carbocycles. The topological polar surface area (TPSA) is 108 Å². The normalized spacial score (nSPS) is 19.6. The van der Waals surface area contributed by atoms with Crippen LogP contribution in [0.3, 0.4) is 0 Å². The van der Waals surface area contributed by atoms with Crippen molar-refractivity contribution >= 4 is 51.2 Å². The van der Waals surface area contributed by atoms with Gasteiger partial charge in [-0.2, -0.15) is 0 Å². The molecule has 0 saturated heterocycles. The molecule has 0 N–H and O–H groups in total. The Labute approximate surface area is 184 Å². The first-order valence-corrected chi connectivity index (χ1v) is 10.6. The van der Waals surface area contributed by atoms with Gasteiger partial charge in [0.15, 0.2) is 5.78 Å². The highest BCUT2D eigenvalue weighted by molar-refractivity contribution is 7.66. The van der Waals surface area contributed by atoms with Gasteiger partial charge in [0, 0.05) is 23.7 Å². The number of hydrogen-bond donors (Lipinski definition) is 0. The van der Waals surface area contributed by atoms with Gasteiger partial charge in [-0.25, -0.2) is 4.21 Å². The predicted molar refractivity (Wildman–Crippen MR) is 114 cm³/mol. The van der Waals surface area contributed by atoms with Gasteiger partial charge < -0.3 is 14.3 Å². The molecule has 0 amide bonds. The number of carbonyl (C=O) groups is 3. The van der Waals surface area contributed by atoms with E-state index >= 15 is 0 Å². The molecule has 0 heterocycles. The van der Waals surface area contributed by atoms with Gasteiger partial charge in [-0.1, -0.05) is 30.1 Å². The van der Waals surface area contributed by atoms with Crippen LogP contribution in [-0.2, 0) is 40.0 Å². The van der Waals surface area contributed by atoms with Crippen molar-refractivity contribution in [3.8, 4) is 0 Å². The molecule has 0 aromatic heterocycles. The Morgan fingerprint density at radius 2 is 2.03 bits per heavy atom. The molecule has 0 bridgehead atoms. The van der Waals surface area contributed by atoms with E-state index in [4.69, 9.17) is 25.9 Å². The third-order valence-electron chi connectivity index (χ3n) is 4.34. The van der Waals surface area contributed by atoms with E-state index in [2.05, 4.69) is 5.16 Å². The number of esters is 2. The van der Waals surface area contributed by atoms with Crippen molar-refractivity contribution < 1.29 is 32.9 Å². The minimum Gasteiger partial charge on any atom is -0.468 e. The summed E-state index contributed by atoms with van der Waals surface area (Å²) in [7, 11) is 1.21. The van der Waals surface area contributed by atoms with Crippen LogP contribution in [0.5, 0.6) is 0 Å². The summed E-state index contributed by atoms with van der Waals surface area (Å²) in [6.45, 7) is 4.77. The number of carbonyl (C=O) groups excluding carboxylic acids is 3. The highest BCUT2D eigenvalue weighted by atomic mass is 35.5. The largest absolute Gasteiger partial charge is 0.468 e. The minimum atomic E-state index is -1.03. The number of oxime groups is 1. The summed E-state index contributed by atoms with van der Waals surface area (Å²) in [6.07, 6.45) is 2.68. The fourth-order valence-corrected chi connectivity index (χ4v) is 3.56. The second kappa shape index (κ2) is 13.1. The monoisotopic (exact) mass is 459 g/mol. The van der Waals surface area contributed by atoms with Crippen molar-refractivity contribution in [3.63, 3.8) is 0 Å². The number of ether oxygens (including phenoxy) is 2. The van der Waals surface area contributed by atoms with Crippen LogP contribution in [0.25, 0.3) is 0 Å². The average molecular weight is 460 g/mol. The summed E-state index contributed by atoms with van der Waals surface area (Å²) < 4.78 is 21.4. The summed E-state index contributed by atoms with van der Waals surface area (Å²) in [5.74, 6) is -3.41. The van der Waals surface area contributed by atoms with Crippen LogP contribution in [0.1, 0.15) is 46.5 Å². The van der Waals surface area contributed by atoms with Crippen LogP contribution < -0.4 is 0 Å². The first-order chi connectivity index (χ1) is 14.3. The fraction of sp³-hybridized carbons (Fsp3) is 0.550. The zero-order valence-electron chi connectivity index (χ0n) is 17.4. The lowest BCUT2D eigenvalue weighted by molar-refractivity contribution is -0.150. The van der Waals surface area contributed by atoms with E-state index in [1.165, 1.54) is 25.6 Å². The number of Topliss-reactive ketones (excluding diaryl/α,β-unsaturated/α-hetero) is 1. The molecule has 1 aliphatic rings. The summed E-state index contributed by atoms with van der Waals surface area (Å²) in [5.41, 5.74) is 1.59. The molecule has 2 atom stereocenters. The van der Waals surface area contributed by atoms with E-state index < -0.39 is 23.8 Å². The zero-order valence-corrected chi connectivity index (χ0v) is 19.0. The van der Waals surface area contributed by atoms with Gasteiger partial charge in [-0.3, -0.25) is 14.4 Å². The number of rotatable bonds is 10. The molecular formula is C20H26ClNO7S. The Hall–Kier alpha value is -2.26. The highest BCUT2D eigenvalue weighted by Gasteiger charge is 2.44. The first kappa shape index (κ1) is 25.8. The van der Waals surface area contributed by atoms with Crippen LogP contribution in [0.15, 0.2) is 28.1 Å². The van der Waals surface area contributed by atoms with E-state index in [1.54, 1.807) is 6.92 Å². The smallest absolute Gasteiger partial charge is 0.316 e. The Morgan fingerprint density at radius 3 is 2.57 bits per heavy atom. The van der Waals surface area contributed by atoms with Gasteiger partial charge in [0.05, 0.1) is 29.7 Å². The van der Waals surface area contributed by atoms with E-state index in [1.807, 2.05) is 6.92 Å². The standard InChI is InChI=1S/C20H26ClNO7S/c1-5-7-15(22-28-9-6-8-21)18-16(24)11-14(10-12(2)30-26)17(20(25)27-4)19(18)29-13(3)23/h6,8,14,17H,5,7,9-11H2,1-4H3. The second-order valence-electron chi connectivity index (χ2n) is 6.66. The SMILES string of the molecule is CCCC(=NOCC=CCl)C1=C(OC(C)=O)C(C(=O)OC)C(CC(C)=S=O)CC1=O. The molecule has 10 heteroatoms. The Kier molecular flexibility index (Phi) is 11.3. The number of hydrogen-bond acceptors (Lipinski definition) is 8. The van der Waals surface area contributed by atoms with Gasteiger partial charge in [-0.05, 0) is 31.8 Å². The summed E-state index contributed by atoms with van der Waals surface area (Å²) in [5, 5.41) is 4.03. The average Bonchev–Trinajstić information content (AvgIpc) is 2.69. The van der Waals surface area contributed by atoms with Gasteiger partial charge in [-0.15, -0.1) is 0 Å². The summed E-state index contributed by atoms with van der Waals surface area (Å²) in [6, 6.07) is 0. The lowest BCUT2D eigenvalue weighted by Gasteiger charge is -2.32. The molecule has 0 aromatic rings. The molecule has 30 heavy (non-hydrogen) atoms.